The first-order valence-electron chi connectivity index (χ1n) is 9.04. The predicted octanol–water partition coefficient (Wildman–Crippen LogP) is 6.16. The maximum absolute atomic E-state index is 14.3. The molecule has 2 N–H and O–H groups in total. The molecule has 0 aromatic heterocycles. The molecule has 2 unspecified atom stereocenters. The van der Waals surface area contributed by atoms with Gasteiger partial charge in [0.1, 0.15) is 10.2 Å². The molecule has 0 heterocycles. The summed E-state index contributed by atoms with van der Waals surface area (Å²) in [6.45, 7) is 0.251. The van der Waals surface area contributed by atoms with Gasteiger partial charge in [-0.25, -0.2) is 8.78 Å². The smallest absolute Gasteiger partial charge is 0.254 e. The van der Waals surface area contributed by atoms with Gasteiger partial charge in [0.15, 0.2) is 5.82 Å². The van der Waals surface area contributed by atoms with E-state index in [1.807, 2.05) is 0 Å². The van der Waals surface area contributed by atoms with Crippen molar-refractivity contribution in [3.05, 3.63) is 63.1 Å². The lowest BCUT2D eigenvalue weighted by Crippen LogP contribution is -2.26. The van der Waals surface area contributed by atoms with Crippen LogP contribution in [0.5, 0.6) is 0 Å². The molecule has 2 aromatic carbocycles. The summed E-state index contributed by atoms with van der Waals surface area (Å²) in [6.07, 6.45) is 0.503. The molecule has 1 aliphatic rings. The minimum atomic E-state index is -1.45. The molecule has 2 amide bonds. The van der Waals surface area contributed by atoms with E-state index in [0.29, 0.717) is 17.9 Å². The van der Waals surface area contributed by atoms with E-state index in [4.69, 9.17) is 58.0 Å². The normalized spacial score (nSPS) is 19.1. The maximum Gasteiger partial charge on any atom is 0.254 e. The number of rotatable bonds is 7. The summed E-state index contributed by atoms with van der Waals surface area (Å²) in [5.74, 6) is -4.00. The van der Waals surface area contributed by atoms with Gasteiger partial charge in [-0.05, 0) is 36.2 Å². The molecule has 11 heteroatoms. The van der Waals surface area contributed by atoms with Crippen LogP contribution in [0.3, 0.4) is 0 Å². The Hall–Kier alpha value is -1.31. The monoisotopic (exact) mass is 528 g/mol. The van der Waals surface area contributed by atoms with Gasteiger partial charge in [0.2, 0.25) is 5.91 Å². The van der Waals surface area contributed by atoms with E-state index in [1.165, 1.54) is 18.2 Å². The molecule has 2 atom stereocenters. The molecule has 166 valence electrons. The van der Waals surface area contributed by atoms with Crippen molar-refractivity contribution in [3.63, 3.8) is 0 Å². The van der Waals surface area contributed by atoms with Crippen LogP contribution < -0.4 is 10.6 Å². The van der Waals surface area contributed by atoms with Crippen molar-refractivity contribution in [1.29, 1.82) is 0 Å². The van der Waals surface area contributed by atoms with Crippen LogP contribution in [-0.4, -0.2) is 28.6 Å². The zero-order valence-corrected chi connectivity index (χ0v) is 19.4. The lowest BCUT2D eigenvalue weighted by molar-refractivity contribution is -0.117. The number of halogens is 7. The Morgan fingerprint density at radius 3 is 2.42 bits per heavy atom. The molecule has 0 saturated heterocycles. The second-order valence-electron chi connectivity index (χ2n) is 6.91. The highest BCUT2D eigenvalue weighted by Gasteiger charge is 2.67. The quantitative estimate of drug-likeness (QED) is 0.333. The van der Waals surface area contributed by atoms with Crippen LogP contribution in [0.15, 0.2) is 30.3 Å². The van der Waals surface area contributed by atoms with Gasteiger partial charge in [-0.3, -0.25) is 9.59 Å². The summed E-state index contributed by atoms with van der Waals surface area (Å²) >= 11 is 29.8. The van der Waals surface area contributed by atoms with Crippen molar-refractivity contribution in [2.45, 2.75) is 16.7 Å². The highest BCUT2D eigenvalue weighted by Crippen LogP contribution is 2.65. The Kier molecular flexibility index (Phi) is 7.59. The second kappa shape index (κ2) is 9.67. The van der Waals surface area contributed by atoms with Gasteiger partial charge in [-0.1, -0.05) is 29.3 Å². The number of carbonyl (C=O) groups is 2. The molecule has 2 aromatic rings. The van der Waals surface area contributed by atoms with Crippen LogP contribution in [0, 0.1) is 17.6 Å². The van der Waals surface area contributed by atoms with Crippen molar-refractivity contribution in [2.24, 2.45) is 5.92 Å². The van der Waals surface area contributed by atoms with Crippen molar-refractivity contribution in [1.82, 2.24) is 5.32 Å². The van der Waals surface area contributed by atoms with E-state index in [9.17, 15) is 18.4 Å². The molecule has 0 radical (unpaired) electrons. The Bertz CT molecular complexity index is 1030. The third-order valence-corrected chi connectivity index (χ3v) is 6.55. The van der Waals surface area contributed by atoms with E-state index >= 15 is 0 Å². The zero-order valence-electron chi connectivity index (χ0n) is 15.6. The Labute approximate surface area is 202 Å². The zero-order chi connectivity index (χ0) is 22.9. The molecular formula is C20H15Cl5F2N2O2. The number of hydrogen-bond donors (Lipinski definition) is 2. The molecule has 1 fully saturated rings. The predicted molar refractivity (Wildman–Crippen MR) is 120 cm³/mol. The molecule has 0 spiro atoms. The van der Waals surface area contributed by atoms with Crippen LogP contribution in [-0.2, 0) is 4.79 Å². The average molecular weight is 531 g/mol. The van der Waals surface area contributed by atoms with Crippen LogP contribution in [0.4, 0.5) is 14.5 Å². The van der Waals surface area contributed by atoms with Crippen LogP contribution in [0.2, 0.25) is 10.0 Å². The van der Waals surface area contributed by atoms with Crippen LogP contribution in [0.1, 0.15) is 28.3 Å². The van der Waals surface area contributed by atoms with Gasteiger partial charge in [-0.2, -0.15) is 0 Å². The number of benzene rings is 2. The summed E-state index contributed by atoms with van der Waals surface area (Å²) in [7, 11) is 0. The van der Waals surface area contributed by atoms with Gasteiger partial charge in [0, 0.05) is 24.0 Å². The highest BCUT2D eigenvalue weighted by molar-refractivity contribution is 6.53. The van der Waals surface area contributed by atoms with Gasteiger partial charge in [0.25, 0.3) is 5.91 Å². The topological polar surface area (TPSA) is 58.2 Å². The van der Waals surface area contributed by atoms with Crippen LogP contribution >= 0.6 is 58.0 Å². The number of anilines is 1. The molecule has 4 nitrogen and oxygen atoms in total. The first-order chi connectivity index (χ1) is 14.6. The molecule has 1 aliphatic carbocycles. The standard InChI is InChI=1S/C20H15Cl5F2N2O2/c21-4-1-5-28-18(30)11-7-10(8-13(23)17(11)27)29-19(31)16-15(20(16,24)25)9-2-3-14(26)12(22)6-9/h2-3,6-8,15-16H,1,4-5H2,(H,28,30)(H,29,31). The third-order valence-electron chi connectivity index (χ3n) is 4.78. The van der Waals surface area contributed by atoms with E-state index in [1.54, 1.807) is 0 Å². The first kappa shape index (κ1) is 24.3. The summed E-state index contributed by atoms with van der Waals surface area (Å²) in [5.41, 5.74) is 0.247. The highest BCUT2D eigenvalue weighted by atomic mass is 35.5. The SMILES string of the molecule is O=C(NCCCCl)c1cc(NC(=O)C2C(c3ccc(F)c(Cl)c3)C2(Cl)Cl)cc(Cl)c1F. The minimum absolute atomic E-state index is 0.0887. The fourth-order valence-corrected chi connectivity index (χ4v) is 4.55. The minimum Gasteiger partial charge on any atom is -0.352 e. The molecule has 3 rings (SSSR count). The number of nitrogens with one attached hydrogen (secondary N) is 2. The van der Waals surface area contributed by atoms with Crippen molar-refractivity contribution in [2.75, 3.05) is 17.7 Å². The molecular weight excluding hydrogens is 515 g/mol. The van der Waals surface area contributed by atoms with E-state index < -0.39 is 39.6 Å². The number of amides is 2. The summed E-state index contributed by atoms with van der Waals surface area (Å²) in [5, 5.41) is 4.59. The fourth-order valence-electron chi connectivity index (χ4n) is 3.18. The second-order valence-corrected chi connectivity index (χ2v) is 9.55. The van der Waals surface area contributed by atoms with Gasteiger partial charge in [0.05, 0.1) is 21.5 Å². The van der Waals surface area contributed by atoms with E-state index in [-0.39, 0.29) is 27.8 Å². The lowest BCUT2D eigenvalue weighted by atomic mass is 10.1. The van der Waals surface area contributed by atoms with Crippen molar-refractivity contribution in [3.8, 4) is 0 Å². The summed E-state index contributed by atoms with van der Waals surface area (Å²) in [6, 6.07) is 6.28. The fraction of sp³-hybridized carbons (Fsp3) is 0.300. The van der Waals surface area contributed by atoms with Crippen LogP contribution in [0.25, 0.3) is 0 Å². The number of carbonyl (C=O) groups excluding carboxylic acids is 2. The van der Waals surface area contributed by atoms with Gasteiger partial charge < -0.3 is 10.6 Å². The first-order valence-corrected chi connectivity index (χ1v) is 11.1. The molecule has 0 bridgehead atoms. The third kappa shape index (κ3) is 5.20. The lowest BCUT2D eigenvalue weighted by Gasteiger charge is -2.11. The number of hydrogen-bond acceptors (Lipinski definition) is 2. The van der Waals surface area contributed by atoms with Crippen molar-refractivity contribution < 1.29 is 18.4 Å². The maximum atomic E-state index is 14.3. The Morgan fingerprint density at radius 2 is 1.77 bits per heavy atom. The number of alkyl halides is 3. The van der Waals surface area contributed by atoms with E-state index in [2.05, 4.69) is 10.6 Å². The average Bonchev–Trinajstić information content (AvgIpc) is 3.28. The molecule has 31 heavy (non-hydrogen) atoms. The Balaban J connectivity index is 1.78. The Morgan fingerprint density at radius 1 is 1.06 bits per heavy atom. The summed E-state index contributed by atoms with van der Waals surface area (Å²) < 4.78 is 26.3. The van der Waals surface area contributed by atoms with E-state index in [0.717, 1.165) is 12.1 Å². The largest absolute Gasteiger partial charge is 0.352 e. The van der Waals surface area contributed by atoms with Gasteiger partial charge >= 0.3 is 0 Å². The van der Waals surface area contributed by atoms with Crippen molar-refractivity contribution >= 4 is 75.5 Å². The van der Waals surface area contributed by atoms with Gasteiger partial charge in [-0.15, -0.1) is 34.8 Å². The molecule has 1 saturated carbocycles. The summed E-state index contributed by atoms with van der Waals surface area (Å²) in [4.78, 5) is 25.0. The molecule has 0 aliphatic heterocycles.